The van der Waals surface area contributed by atoms with Gasteiger partial charge in [0.25, 0.3) is 5.78 Å². The van der Waals surface area contributed by atoms with Gasteiger partial charge in [0.15, 0.2) is 0 Å². The van der Waals surface area contributed by atoms with Crippen molar-refractivity contribution in [3.8, 4) is 0 Å². The molecule has 2 aromatic heterocycles. The molecule has 0 saturated carbocycles. The van der Waals surface area contributed by atoms with Crippen molar-refractivity contribution >= 4 is 11.6 Å². The average molecular weight is 384 g/mol. The molecule has 1 aliphatic heterocycles. The normalized spacial score (nSPS) is 16.6. The Bertz CT molecular complexity index is 937. The lowest BCUT2D eigenvalue weighted by atomic mass is 10.0. The van der Waals surface area contributed by atoms with E-state index in [1.54, 1.807) is 16.6 Å². The molecule has 0 aliphatic carbocycles. The summed E-state index contributed by atoms with van der Waals surface area (Å²) < 4.78 is 21.1. The molecule has 3 heterocycles. The summed E-state index contributed by atoms with van der Waals surface area (Å²) in [5.74, 6) is 1.46. The number of halogens is 1. The third kappa shape index (κ3) is 3.98. The first kappa shape index (κ1) is 18.8. The third-order valence-electron chi connectivity index (χ3n) is 5.06. The van der Waals surface area contributed by atoms with Crippen molar-refractivity contribution in [2.75, 3.05) is 38.2 Å². The first-order valence-electron chi connectivity index (χ1n) is 9.63. The van der Waals surface area contributed by atoms with Gasteiger partial charge < -0.3 is 10.1 Å². The van der Waals surface area contributed by atoms with Gasteiger partial charge in [-0.2, -0.15) is 14.6 Å². The summed E-state index contributed by atoms with van der Waals surface area (Å²) in [6.45, 7) is 7.81. The quantitative estimate of drug-likeness (QED) is 0.705. The molecule has 7 nitrogen and oxygen atoms in total. The second-order valence-corrected chi connectivity index (χ2v) is 7.29. The molecule has 0 radical (unpaired) electrons. The zero-order valence-electron chi connectivity index (χ0n) is 16.2. The molecule has 1 atom stereocenters. The minimum absolute atomic E-state index is 0.0221. The van der Waals surface area contributed by atoms with E-state index in [1.807, 2.05) is 12.1 Å². The Morgan fingerprint density at radius 3 is 2.79 bits per heavy atom. The van der Waals surface area contributed by atoms with Crippen LogP contribution in [0, 0.1) is 5.82 Å². The zero-order valence-corrected chi connectivity index (χ0v) is 16.2. The molecule has 0 bridgehead atoms. The molecule has 1 fully saturated rings. The summed E-state index contributed by atoms with van der Waals surface area (Å²) in [6.07, 6.45) is 1.50. The van der Waals surface area contributed by atoms with Gasteiger partial charge in [0.05, 0.1) is 24.9 Å². The molecular weight excluding hydrogens is 359 g/mol. The maximum atomic E-state index is 13.9. The van der Waals surface area contributed by atoms with E-state index in [0.29, 0.717) is 25.5 Å². The van der Waals surface area contributed by atoms with E-state index in [9.17, 15) is 4.39 Å². The molecular formula is C20H25FN6O. The van der Waals surface area contributed by atoms with Crippen LogP contribution < -0.4 is 5.32 Å². The van der Waals surface area contributed by atoms with E-state index >= 15 is 0 Å². The monoisotopic (exact) mass is 384 g/mol. The first-order valence-corrected chi connectivity index (χ1v) is 9.63. The number of ether oxygens (including phenoxy) is 1. The van der Waals surface area contributed by atoms with Gasteiger partial charge >= 0.3 is 0 Å². The highest BCUT2D eigenvalue weighted by molar-refractivity contribution is 5.46. The lowest BCUT2D eigenvalue weighted by molar-refractivity contribution is 0.0186. The van der Waals surface area contributed by atoms with Crippen molar-refractivity contribution in [2.24, 2.45) is 0 Å². The molecule has 0 amide bonds. The smallest absolute Gasteiger partial charge is 0.254 e. The summed E-state index contributed by atoms with van der Waals surface area (Å²) in [5, 5.41) is 7.78. The number of morpholine rings is 1. The van der Waals surface area contributed by atoms with Crippen LogP contribution in [0.4, 0.5) is 10.2 Å². The third-order valence-corrected chi connectivity index (χ3v) is 5.06. The van der Waals surface area contributed by atoms with Gasteiger partial charge in [0.2, 0.25) is 0 Å². The Morgan fingerprint density at radius 1 is 1.21 bits per heavy atom. The average Bonchev–Trinajstić information content (AvgIpc) is 3.18. The zero-order chi connectivity index (χ0) is 19.5. The van der Waals surface area contributed by atoms with Crippen LogP contribution in [0.5, 0.6) is 0 Å². The number of anilines is 1. The molecule has 148 valence electrons. The summed E-state index contributed by atoms with van der Waals surface area (Å²) in [4.78, 5) is 11.1. The van der Waals surface area contributed by atoms with Crippen molar-refractivity contribution in [3.63, 3.8) is 0 Å². The maximum Gasteiger partial charge on any atom is 0.254 e. The van der Waals surface area contributed by atoms with Crippen molar-refractivity contribution < 1.29 is 9.13 Å². The molecule has 1 aromatic carbocycles. The van der Waals surface area contributed by atoms with Gasteiger partial charge in [-0.25, -0.2) is 9.37 Å². The van der Waals surface area contributed by atoms with Crippen LogP contribution in [0.3, 0.4) is 0 Å². The predicted octanol–water partition coefficient (Wildman–Crippen LogP) is 2.87. The van der Waals surface area contributed by atoms with Gasteiger partial charge in [0, 0.05) is 25.7 Å². The summed E-state index contributed by atoms with van der Waals surface area (Å²) in [6, 6.07) is 8.85. The van der Waals surface area contributed by atoms with Gasteiger partial charge in [-0.05, 0) is 23.6 Å². The number of nitrogens with zero attached hydrogens (tertiary/aromatic N) is 5. The molecule has 28 heavy (non-hydrogen) atoms. The van der Waals surface area contributed by atoms with Crippen molar-refractivity contribution in [1.29, 1.82) is 0 Å². The Labute approximate surface area is 163 Å². The van der Waals surface area contributed by atoms with Crippen molar-refractivity contribution in [1.82, 2.24) is 24.5 Å². The fourth-order valence-electron chi connectivity index (χ4n) is 3.51. The van der Waals surface area contributed by atoms with Crippen molar-refractivity contribution in [2.45, 2.75) is 25.8 Å². The number of hydrogen-bond acceptors (Lipinski definition) is 6. The molecule has 8 heteroatoms. The number of aromatic nitrogens is 4. The molecule has 3 aromatic rings. The van der Waals surface area contributed by atoms with Crippen LogP contribution in [-0.2, 0) is 4.74 Å². The van der Waals surface area contributed by atoms with Gasteiger partial charge in [-0.15, -0.1) is 0 Å². The minimum atomic E-state index is -0.222. The SMILES string of the molecule is CC(C)c1cc(NCC(c2cccc(F)c2)N2CCOCC2)n2ncnc2n1. The minimum Gasteiger partial charge on any atom is -0.379 e. The van der Waals surface area contributed by atoms with Crippen LogP contribution in [0.1, 0.15) is 37.1 Å². The standard InChI is InChI=1S/C20H25FN6O/c1-14(2)17-11-19(27-20(25-17)23-13-24-27)22-12-18(26-6-8-28-9-7-26)15-4-3-5-16(21)10-15/h3-5,10-11,13-14,18,22H,6-9,12H2,1-2H3. The Balaban J connectivity index is 1.62. The van der Waals surface area contributed by atoms with E-state index in [2.05, 4.69) is 39.1 Å². The summed E-state index contributed by atoms with van der Waals surface area (Å²) in [5.41, 5.74) is 1.90. The van der Waals surface area contributed by atoms with Crippen LogP contribution in [-0.4, -0.2) is 57.3 Å². The van der Waals surface area contributed by atoms with Gasteiger partial charge in [-0.1, -0.05) is 26.0 Å². The van der Waals surface area contributed by atoms with E-state index in [1.165, 1.54) is 12.4 Å². The molecule has 1 unspecified atom stereocenters. The van der Waals surface area contributed by atoms with E-state index in [4.69, 9.17) is 4.74 Å². The van der Waals surface area contributed by atoms with Crippen LogP contribution in [0.15, 0.2) is 36.7 Å². The maximum absolute atomic E-state index is 13.9. The fourth-order valence-corrected chi connectivity index (χ4v) is 3.51. The summed E-state index contributed by atoms with van der Waals surface area (Å²) >= 11 is 0. The Morgan fingerprint density at radius 2 is 2.04 bits per heavy atom. The fraction of sp³-hybridized carbons (Fsp3) is 0.450. The molecule has 0 spiro atoms. The lowest BCUT2D eigenvalue weighted by Gasteiger charge is -2.35. The largest absolute Gasteiger partial charge is 0.379 e. The van der Waals surface area contributed by atoms with Gasteiger partial charge in [-0.3, -0.25) is 4.90 Å². The topological polar surface area (TPSA) is 67.6 Å². The highest BCUT2D eigenvalue weighted by atomic mass is 19.1. The Kier molecular flexibility index (Phi) is 5.50. The Hall–Kier alpha value is -2.58. The highest BCUT2D eigenvalue weighted by Crippen LogP contribution is 2.24. The number of hydrogen-bond donors (Lipinski definition) is 1. The molecule has 1 N–H and O–H groups in total. The van der Waals surface area contributed by atoms with Crippen LogP contribution in [0.25, 0.3) is 5.78 Å². The number of fused-ring (bicyclic) bond motifs is 1. The van der Waals surface area contributed by atoms with Crippen LogP contribution in [0.2, 0.25) is 0 Å². The lowest BCUT2D eigenvalue weighted by Crippen LogP contribution is -2.41. The second kappa shape index (κ2) is 8.20. The first-order chi connectivity index (χ1) is 13.6. The summed E-state index contributed by atoms with van der Waals surface area (Å²) in [7, 11) is 0. The molecule has 1 aliphatic rings. The van der Waals surface area contributed by atoms with Crippen molar-refractivity contribution in [3.05, 3.63) is 53.7 Å². The molecule has 4 rings (SSSR count). The van der Waals surface area contributed by atoms with Crippen LogP contribution >= 0.6 is 0 Å². The van der Waals surface area contributed by atoms with E-state index < -0.39 is 0 Å². The number of nitrogens with one attached hydrogen (secondary N) is 1. The number of rotatable bonds is 6. The second-order valence-electron chi connectivity index (χ2n) is 7.29. The molecule has 1 saturated heterocycles. The van der Waals surface area contributed by atoms with E-state index in [-0.39, 0.29) is 17.8 Å². The number of benzene rings is 1. The predicted molar refractivity (Wildman–Crippen MR) is 105 cm³/mol. The highest BCUT2D eigenvalue weighted by Gasteiger charge is 2.23. The van der Waals surface area contributed by atoms with Gasteiger partial charge in [0.1, 0.15) is 18.0 Å². The van der Waals surface area contributed by atoms with E-state index in [0.717, 1.165) is 30.2 Å².